The molecule has 1 aliphatic carbocycles. The van der Waals surface area contributed by atoms with Gasteiger partial charge in [-0.2, -0.15) is 15.0 Å². The first-order chi connectivity index (χ1) is 10.2. The highest BCUT2D eigenvalue weighted by molar-refractivity contribution is 6.28. The predicted molar refractivity (Wildman–Crippen MR) is 84.9 cm³/mol. The molecule has 1 aromatic rings. The van der Waals surface area contributed by atoms with Gasteiger partial charge < -0.3 is 10.1 Å². The molecule has 6 heteroatoms. The highest BCUT2D eigenvalue weighted by Gasteiger charge is 2.21. The largest absolute Gasteiger partial charge is 0.463 e. The van der Waals surface area contributed by atoms with Crippen molar-refractivity contribution in [3.63, 3.8) is 0 Å². The summed E-state index contributed by atoms with van der Waals surface area (Å²) in [5.41, 5.74) is 0. The monoisotopic (exact) mass is 312 g/mol. The molecule has 0 unspecified atom stereocenters. The van der Waals surface area contributed by atoms with Crippen LogP contribution in [-0.2, 0) is 0 Å². The zero-order chi connectivity index (χ0) is 15.1. The van der Waals surface area contributed by atoms with Crippen molar-refractivity contribution in [3.8, 4) is 6.01 Å². The fourth-order valence-corrected chi connectivity index (χ4v) is 2.99. The number of anilines is 1. The number of aromatic nitrogens is 3. The third-order valence-corrected chi connectivity index (χ3v) is 4.07. The van der Waals surface area contributed by atoms with Gasteiger partial charge in [-0.25, -0.2) is 0 Å². The molecular weight excluding hydrogens is 288 g/mol. The fraction of sp³-hybridized carbons (Fsp3) is 0.800. The molecule has 0 aliphatic heterocycles. The van der Waals surface area contributed by atoms with Gasteiger partial charge in [0.25, 0.3) is 0 Å². The normalized spacial score (nSPS) is 22.0. The van der Waals surface area contributed by atoms with Crippen LogP contribution in [0, 0.1) is 5.92 Å². The Kier molecular flexibility index (Phi) is 6.49. The second kappa shape index (κ2) is 8.37. The van der Waals surface area contributed by atoms with Gasteiger partial charge in [-0.3, -0.25) is 0 Å². The number of hydrogen-bond acceptors (Lipinski definition) is 5. The van der Waals surface area contributed by atoms with Gasteiger partial charge in [0.05, 0.1) is 6.61 Å². The molecule has 0 saturated heterocycles. The molecule has 1 saturated carbocycles. The average Bonchev–Trinajstić information content (AvgIpc) is 2.47. The first-order valence-corrected chi connectivity index (χ1v) is 8.40. The van der Waals surface area contributed by atoms with Gasteiger partial charge in [-0.15, -0.1) is 0 Å². The van der Waals surface area contributed by atoms with E-state index in [4.69, 9.17) is 16.3 Å². The second-order valence-corrected chi connectivity index (χ2v) is 6.05. The SMILES string of the molecule is CCCOc1nc(Cl)nc(NC2CCC(CCC)CC2)n1. The minimum atomic E-state index is 0.179. The molecule has 1 N–H and O–H groups in total. The third-order valence-electron chi connectivity index (χ3n) is 3.90. The topological polar surface area (TPSA) is 59.9 Å². The predicted octanol–water partition coefficient (Wildman–Crippen LogP) is 4.08. The molecule has 1 aromatic heterocycles. The Hall–Kier alpha value is -1.10. The van der Waals surface area contributed by atoms with Crippen molar-refractivity contribution in [2.75, 3.05) is 11.9 Å². The minimum Gasteiger partial charge on any atom is -0.463 e. The van der Waals surface area contributed by atoms with Crippen LogP contribution < -0.4 is 10.1 Å². The molecule has 1 heterocycles. The average molecular weight is 313 g/mol. The van der Waals surface area contributed by atoms with E-state index in [1.807, 2.05) is 6.92 Å². The summed E-state index contributed by atoms with van der Waals surface area (Å²) < 4.78 is 5.43. The van der Waals surface area contributed by atoms with Crippen LogP contribution in [0.2, 0.25) is 5.28 Å². The van der Waals surface area contributed by atoms with Crippen LogP contribution in [0.25, 0.3) is 0 Å². The summed E-state index contributed by atoms with van der Waals surface area (Å²) in [6.45, 7) is 4.88. The molecule has 1 fully saturated rings. The van der Waals surface area contributed by atoms with Gasteiger partial charge in [0, 0.05) is 6.04 Å². The first-order valence-electron chi connectivity index (χ1n) is 8.02. The third kappa shape index (κ3) is 5.30. The first kappa shape index (κ1) is 16.3. The Morgan fingerprint density at radius 2 is 1.86 bits per heavy atom. The molecule has 0 spiro atoms. The van der Waals surface area contributed by atoms with Crippen LogP contribution in [0.1, 0.15) is 58.8 Å². The van der Waals surface area contributed by atoms with Crippen LogP contribution in [-0.4, -0.2) is 27.6 Å². The fourth-order valence-electron chi connectivity index (χ4n) is 2.84. The number of ether oxygens (including phenoxy) is 1. The Labute approximate surface area is 131 Å². The Balaban J connectivity index is 1.89. The Morgan fingerprint density at radius 3 is 2.52 bits per heavy atom. The van der Waals surface area contributed by atoms with E-state index in [1.54, 1.807) is 0 Å². The Bertz CT molecular complexity index is 436. The van der Waals surface area contributed by atoms with E-state index in [0.717, 1.165) is 12.3 Å². The number of rotatable bonds is 7. The van der Waals surface area contributed by atoms with Crippen molar-refractivity contribution in [2.24, 2.45) is 5.92 Å². The van der Waals surface area contributed by atoms with E-state index >= 15 is 0 Å². The van der Waals surface area contributed by atoms with Gasteiger partial charge >= 0.3 is 6.01 Å². The van der Waals surface area contributed by atoms with E-state index in [2.05, 4.69) is 27.2 Å². The molecule has 0 bridgehead atoms. The maximum absolute atomic E-state index is 5.93. The van der Waals surface area contributed by atoms with E-state index in [0.29, 0.717) is 24.6 Å². The lowest BCUT2D eigenvalue weighted by Crippen LogP contribution is -2.27. The zero-order valence-corrected chi connectivity index (χ0v) is 13.7. The molecule has 1 aliphatic rings. The van der Waals surface area contributed by atoms with Crippen LogP contribution in [0.5, 0.6) is 6.01 Å². The zero-order valence-electron chi connectivity index (χ0n) is 12.9. The van der Waals surface area contributed by atoms with E-state index in [9.17, 15) is 0 Å². The molecular formula is C15H25ClN4O. The van der Waals surface area contributed by atoms with Gasteiger partial charge in [-0.05, 0) is 49.6 Å². The van der Waals surface area contributed by atoms with E-state index in [1.165, 1.54) is 38.5 Å². The highest BCUT2D eigenvalue weighted by atomic mass is 35.5. The molecule has 2 rings (SSSR count). The molecule has 21 heavy (non-hydrogen) atoms. The summed E-state index contributed by atoms with van der Waals surface area (Å²) in [7, 11) is 0. The molecule has 0 amide bonds. The summed E-state index contributed by atoms with van der Waals surface area (Å²) >= 11 is 5.93. The lowest BCUT2D eigenvalue weighted by molar-refractivity contribution is 0.291. The van der Waals surface area contributed by atoms with Crippen molar-refractivity contribution < 1.29 is 4.74 Å². The minimum absolute atomic E-state index is 0.179. The summed E-state index contributed by atoms with van der Waals surface area (Å²) in [6, 6.07) is 0.731. The smallest absolute Gasteiger partial charge is 0.322 e. The summed E-state index contributed by atoms with van der Waals surface area (Å²) in [4.78, 5) is 12.4. The molecule has 0 radical (unpaired) electrons. The lowest BCUT2D eigenvalue weighted by atomic mass is 9.83. The maximum atomic E-state index is 5.93. The van der Waals surface area contributed by atoms with Gasteiger partial charge in [0.2, 0.25) is 11.2 Å². The molecule has 118 valence electrons. The van der Waals surface area contributed by atoms with Crippen LogP contribution in [0.4, 0.5) is 5.95 Å². The quantitative estimate of drug-likeness (QED) is 0.822. The highest BCUT2D eigenvalue weighted by Crippen LogP contribution is 2.29. The number of nitrogens with zero attached hydrogens (tertiary/aromatic N) is 3. The number of hydrogen-bond donors (Lipinski definition) is 1. The van der Waals surface area contributed by atoms with Crippen LogP contribution >= 0.6 is 11.6 Å². The molecule has 0 aromatic carbocycles. The summed E-state index contributed by atoms with van der Waals surface area (Å²) in [5, 5.41) is 3.55. The van der Waals surface area contributed by atoms with E-state index in [-0.39, 0.29) is 5.28 Å². The van der Waals surface area contributed by atoms with Crippen molar-refractivity contribution >= 4 is 17.5 Å². The van der Waals surface area contributed by atoms with Crippen molar-refractivity contribution in [1.82, 2.24) is 15.0 Å². The number of nitrogens with one attached hydrogen (secondary N) is 1. The van der Waals surface area contributed by atoms with Gasteiger partial charge in [-0.1, -0.05) is 26.7 Å². The second-order valence-electron chi connectivity index (χ2n) is 5.71. The van der Waals surface area contributed by atoms with Crippen LogP contribution in [0.3, 0.4) is 0 Å². The van der Waals surface area contributed by atoms with E-state index < -0.39 is 0 Å². The van der Waals surface area contributed by atoms with Gasteiger partial charge in [0.15, 0.2) is 0 Å². The maximum Gasteiger partial charge on any atom is 0.322 e. The number of halogens is 1. The van der Waals surface area contributed by atoms with Crippen molar-refractivity contribution in [3.05, 3.63) is 5.28 Å². The van der Waals surface area contributed by atoms with Crippen molar-refractivity contribution in [1.29, 1.82) is 0 Å². The molecule has 5 nitrogen and oxygen atoms in total. The van der Waals surface area contributed by atoms with Crippen LogP contribution in [0.15, 0.2) is 0 Å². The lowest BCUT2D eigenvalue weighted by Gasteiger charge is -2.28. The summed E-state index contributed by atoms with van der Waals surface area (Å²) in [6.07, 6.45) is 8.43. The van der Waals surface area contributed by atoms with Gasteiger partial charge in [0.1, 0.15) is 0 Å². The molecule has 0 atom stereocenters. The van der Waals surface area contributed by atoms with Crippen molar-refractivity contribution in [2.45, 2.75) is 64.8 Å². The Morgan fingerprint density at radius 1 is 1.10 bits per heavy atom. The standard InChI is InChI=1S/C15H25ClN4O/c1-3-5-11-6-8-12(9-7-11)17-14-18-13(16)19-15(20-14)21-10-4-2/h11-12H,3-10H2,1-2H3,(H,17,18,19,20). The summed E-state index contributed by atoms with van der Waals surface area (Å²) in [5.74, 6) is 1.42.